The number of nitrogens with one attached hydrogen (secondary N) is 3. The second-order valence-corrected chi connectivity index (χ2v) is 8.38. The maximum absolute atomic E-state index is 5.65. The first-order valence-corrected chi connectivity index (χ1v) is 13.0. The van der Waals surface area contributed by atoms with Gasteiger partial charge in [-0.15, -0.1) is 0 Å². The van der Waals surface area contributed by atoms with Gasteiger partial charge in [-0.3, -0.25) is 5.43 Å². The Kier molecular flexibility index (Phi) is 10.3. The first-order valence-electron chi connectivity index (χ1n) is 13.0. The van der Waals surface area contributed by atoms with Crippen LogP contribution < -0.4 is 35.1 Å². The fourth-order valence-corrected chi connectivity index (χ4v) is 3.71. The van der Waals surface area contributed by atoms with Crippen LogP contribution in [0.2, 0.25) is 0 Å². The van der Waals surface area contributed by atoms with Gasteiger partial charge >= 0.3 is 0 Å². The third kappa shape index (κ3) is 8.33. The molecule has 1 aromatic heterocycles. The average molecular weight is 556 g/mol. The summed E-state index contributed by atoms with van der Waals surface area (Å²) < 4.78 is 22.0. The minimum Gasteiger partial charge on any atom is -0.493 e. The molecule has 41 heavy (non-hydrogen) atoms. The molecule has 0 unspecified atom stereocenters. The molecule has 0 amide bonds. The molecule has 0 saturated heterocycles. The number of hydrogen-bond acceptors (Lipinski definition) is 11. The quantitative estimate of drug-likeness (QED) is 0.128. The SMILES string of the molecule is CCOc1cc(C=NNc2cc(Nc3ccccc3)nc(NN=Cc3ccc(OC)c(OCC)c3)n2)ccc1OC. The van der Waals surface area contributed by atoms with Crippen LogP contribution in [0.25, 0.3) is 0 Å². The maximum atomic E-state index is 5.65. The Balaban J connectivity index is 1.53. The Morgan fingerprint density at radius 1 is 0.659 bits per heavy atom. The van der Waals surface area contributed by atoms with Crippen molar-refractivity contribution >= 4 is 35.7 Å². The van der Waals surface area contributed by atoms with Crippen LogP contribution in [0.4, 0.5) is 23.3 Å². The van der Waals surface area contributed by atoms with Gasteiger partial charge in [0.2, 0.25) is 5.95 Å². The molecule has 1 heterocycles. The third-order valence-electron chi connectivity index (χ3n) is 5.52. The number of methoxy groups -OCH3 is 2. The molecule has 3 aromatic carbocycles. The highest BCUT2D eigenvalue weighted by molar-refractivity contribution is 5.82. The van der Waals surface area contributed by atoms with Crippen molar-refractivity contribution in [1.82, 2.24) is 9.97 Å². The lowest BCUT2D eigenvalue weighted by atomic mass is 10.2. The molecule has 0 aliphatic carbocycles. The van der Waals surface area contributed by atoms with Gasteiger partial charge in [0.25, 0.3) is 0 Å². The van der Waals surface area contributed by atoms with Crippen LogP contribution in [0.5, 0.6) is 23.0 Å². The largest absolute Gasteiger partial charge is 0.493 e. The van der Waals surface area contributed by atoms with Gasteiger partial charge in [0.15, 0.2) is 28.8 Å². The molecule has 0 saturated carbocycles. The zero-order valence-corrected chi connectivity index (χ0v) is 23.4. The number of nitrogens with zero attached hydrogens (tertiary/aromatic N) is 4. The fourth-order valence-electron chi connectivity index (χ4n) is 3.71. The predicted molar refractivity (Wildman–Crippen MR) is 163 cm³/mol. The summed E-state index contributed by atoms with van der Waals surface area (Å²) in [4.78, 5) is 9.03. The maximum Gasteiger partial charge on any atom is 0.247 e. The van der Waals surface area contributed by atoms with E-state index in [1.54, 1.807) is 32.7 Å². The summed E-state index contributed by atoms with van der Waals surface area (Å²) in [6, 6.07) is 22.6. The molecule has 0 aliphatic heterocycles. The Bertz CT molecular complexity index is 1390. The van der Waals surface area contributed by atoms with Crippen molar-refractivity contribution in [1.29, 1.82) is 0 Å². The van der Waals surface area contributed by atoms with Crippen LogP contribution in [-0.2, 0) is 0 Å². The number of anilines is 4. The molecular weight excluding hydrogens is 522 g/mol. The number of ether oxygens (including phenoxy) is 4. The van der Waals surface area contributed by atoms with E-state index in [0.717, 1.165) is 16.8 Å². The molecule has 4 aromatic rings. The lowest BCUT2D eigenvalue weighted by Crippen LogP contribution is -2.04. The first-order chi connectivity index (χ1) is 20.1. The number of para-hydroxylation sites is 1. The second-order valence-electron chi connectivity index (χ2n) is 8.38. The van der Waals surface area contributed by atoms with Gasteiger partial charge in [-0.25, -0.2) is 5.43 Å². The van der Waals surface area contributed by atoms with Gasteiger partial charge in [-0.05, 0) is 73.5 Å². The van der Waals surface area contributed by atoms with Gasteiger partial charge in [-0.2, -0.15) is 20.2 Å². The first kappa shape index (κ1) is 28.7. The van der Waals surface area contributed by atoms with Crippen LogP contribution in [0.15, 0.2) is 83.0 Å². The third-order valence-corrected chi connectivity index (χ3v) is 5.52. The van der Waals surface area contributed by atoms with E-state index in [1.165, 1.54) is 0 Å². The highest BCUT2D eigenvalue weighted by atomic mass is 16.5. The van der Waals surface area contributed by atoms with E-state index in [9.17, 15) is 0 Å². The number of hydrazone groups is 2. The zero-order chi connectivity index (χ0) is 28.9. The highest BCUT2D eigenvalue weighted by Crippen LogP contribution is 2.28. The Morgan fingerprint density at radius 2 is 1.22 bits per heavy atom. The molecule has 11 nitrogen and oxygen atoms in total. The van der Waals surface area contributed by atoms with E-state index >= 15 is 0 Å². The summed E-state index contributed by atoms with van der Waals surface area (Å²) >= 11 is 0. The van der Waals surface area contributed by atoms with E-state index in [4.69, 9.17) is 18.9 Å². The molecule has 0 radical (unpaired) electrons. The van der Waals surface area contributed by atoms with Crippen molar-refractivity contribution in [2.24, 2.45) is 10.2 Å². The Labute approximate surface area is 239 Å². The van der Waals surface area contributed by atoms with Crippen molar-refractivity contribution in [2.75, 3.05) is 43.6 Å². The topological polar surface area (TPSA) is 124 Å². The zero-order valence-electron chi connectivity index (χ0n) is 23.4. The normalized spacial score (nSPS) is 10.9. The van der Waals surface area contributed by atoms with Crippen molar-refractivity contribution < 1.29 is 18.9 Å². The summed E-state index contributed by atoms with van der Waals surface area (Å²) in [5, 5.41) is 11.9. The standard InChI is InChI=1S/C30H33N7O4/c1-5-40-26-16-21(12-14-24(26)38-3)19-31-36-29-18-28(33-23-10-8-7-9-11-23)34-30(35-29)37-32-20-22-13-15-25(39-4)27(17-22)41-6-2/h7-20H,5-6H2,1-4H3,(H3,33,34,35,36,37). The van der Waals surface area contributed by atoms with Crippen molar-refractivity contribution in [3.8, 4) is 23.0 Å². The number of rotatable bonds is 14. The molecule has 0 aliphatic rings. The van der Waals surface area contributed by atoms with Crippen molar-refractivity contribution in [3.63, 3.8) is 0 Å². The van der Waals surface area contributed by atoms with Crippen LogP contribution in [0.3, 0.4) is 0 Å². The molecule has 0 atom stereocenters. The molecule has 11 heteroatoms. The molecule has 212 valence electrons. The van der Waals surface area contributed by atoms with Gasteiger partial charge in [0, 0.05) is 11.8 Å². The predicted octanol–water partition coefficient (Wildman–Crippen LogP) is 5.93. The summed E-state index contributed by atoms with van der Waals surface area (Å²) in [6.45, 7) is 4.88. The average Bonchev–Trinajstić information content (AvgIpc) is 2.98. The summed E-state index contributed by atoms with van der Waals surface area (Å²) in [6.07, 6.45) is 3.31. The summed E-state index contributed by atoms with van der Waals surface area (Å²) in [5.41, 5.74) is 8.37. The molecule has 0 bridgehead atoms. The van der Waals surface area contributed by atoms with Crippen molar-refractivity contribution in [3.05, 3.63) is 83.9 Å². The van der Waals surface area contributed by atoms with Crippen LogP contribution >= 0.6 is 0 Å². The number of aromatic nitrogens is 2. The Morgan fingerprint density at radius 3 is 1.78 bits per heavy atom. The number of hydrogen-bond donors (Lipinski definition) is 3. The molecule has 0 spiro atoms. The van der Waals surface area contributed by atoms with E-state index in [1.807, 2.05) is 80.6 Å². The van der Waals surface area contributed by atoms with Crippen LogP contribution in [0, 0.1) is 0 Å². The lowest BCUT2D eigenvalue weighted by molar-refractivity contribution is 0.311. The lowest BCUT2D eigenvalue weighted by Gasteiger charge is -2.10. The van der Waals surface area contributed by atoms with E-state index in [2.05, 4.69) is 36.3 Å². The second kappa shape index (κ2) is 14.7. The molecular formula is C30H33N7O4. The van der Waals surface area contributed by atoms with Crippen molar-refractivity contribution in [2.45, 2.75) is 13.8 Å². The molecule has 4 rings (SSSR count). The van der Waals surface area contributed by atoms with Gasteiger partial charge < -0.3 is 24.3 Å². The molecule has 3 N–H and O–H groups in total. The summed E-state index contributed by atoms with van der Waals surface area (Å²) in [5.74, 6) is 3.86. The Hall–Kier alpha value is -5.32. The number of benzene rings is 3. The van der Waals surface area contributed by atoms with E-state index in [-0.39, 0.29) is 5.95 Å². The van der Waals surface area contributed by atoms with Crippen LogP contribution in [-0.4, -0.2) is 49.8 Å². The monoisotopic (exact) mass is 555 g/mol. The van der Waals surface area contributed by atoms with E-state index in [0.29, 0.717) is 47.8 Å². The minimum absolute atomic E-state index is 0.265. The van der Waals surface area contributed by atoms with Gasteiger partial charge in [-0.1, -0.05) is 18.2 Å². The van der Waals surface area contributed by atoms with Gasteiger partial charge in [0.05, 0.1) is 39.9 Å². The minimum atomic E-state index is 0.265. The smallest absolute Gasteiger partial charge is 0.247 e. The van der Waals surface area contributed by atoms with E-state index < -0.39 is 0 Å². The highest BCUT2D eigenvalue weighted by Gasteiger charge is 2.07. The van der Waals surface area contributed by atoms with Gasteiger partial charge in [0.1, 0.15) is 5.82 Å². The summed E-state index contributed by atoms with van der Waals surface area (Å²) in [7, 11) is 3.21. The van der Waals surface area contributed by atoms with Crippen LogP contribution in [0.1, 0.15) is 25.0 Å². The molecule has 0 fully saturated rings. The fraction of sp³-hybridized carbons (Fsp3) is 0.200.